The van der Waals surface area contributed by atoms with E-state index in [1.54, 1.807) is 35.9 Å². The molecule has 0 aromatic carbocycles. The van der Waals surface area contributed by atoms with Crippen molar-refractivity contribution >= 4 is 29.1 Å². The summed E-state index contributed by atoms with van der Waals surface area (Å²) in [7, 11) is 1.55. The minimum absolute atomic E-state index is 0.0235. The molecule has 0 spiro atoms. The Hall–Kier alpha value is -2.72. The van der Waals surface area contributed by atoms with Crippen LogP contribution in [0.1, 0.15) is 17.7 Å². The van der Waals surface area contributed by atoms with Crippen LogP contribution < -0.4 is 5.32 Å². The van der Waals surface area contributed by atoms with Gasteiger partial charge in [0, 0.05) is 50.6 Å². The van der Waals surface area contributed by atoms with E-state index < -0.39 is 6.04 Å². The van der Waals surface area contributed by atoms with Gasteiger partial charge in [-0.3, -0.25) is 14.4 Å². The predicted molar refractivity (Wildman–Crippen MR) is 116 cm³/mol. The normalized spacial score (nSPS) is 16.7. The first kappa shape index (κ1) is 23.0. The lowest BCUT2D eigenvalue weighted by Gasteiger charge is -2.40. The summed E-state index contributed by atoms with van der Waals surface area (Å²) < 4.78 is 7.00. The Morgan fingerprint density at radius 1 is 1.32 bits per heavy atom. The molecule has 3 rings (SSSR count). The number of carbonyl (C=O) groups is 3. The lowest BCUT2D eigenvalue weighted by atomic mass is 10.1. The second-order valence-corrected chi connectivity index (χ2v) is 8.43. The molecule has 10 heteroatoms. The molecular formula is C21H29N5O4S. The Balaban J connectivity index is 1.58. The number of thiophene rings is 1. The highest BCUT2D eigenvalue weighted by atomic mass is 32.1. The van der Waals surface area contributed by atoms with Crippen molar-refractivity contribution in [2.75, 3.05) is 39.9 Å². The second kappa shape index (κ2) is 11.6. The van der Waals surface area contributed by atoms with Gasteiger partial charge in [0.1, 0.15) is 6.04 Å². The summed E-state index contributed by atoms with van der Waals surface area (Å²) in [6.07, 6.45) is 6.69. The Morgan fingerprint density at radius 3 is 2.90 bits per heavy atom. The number of hydrogen-bond acceptors (Lipinski definition) is 6. The number of imidazole rings is 1. The van der Waals surface area contributed by atoms with Crippen LogP contribution >= 0.6 is 11.3 Å². The third-order valence-electron chi connectivity index (χ3n) is 5.22. The first-order valence-corrected chi connectivity index (χ1v) is 11.3. The van der Waals surface area contributed by atoms with Crippen molar-refractivity contribution in [1.82, 2.24) is 24.7 Å². The van der Waals surface area contributed by atoms with Crippen LogP contribution in [0, 0.1) is 0 Å². The number of rotatable bonds is 12. The maximum atomic E-state index is 13.1. The van der Waals surface area contributed by atoms with Crippen LogP contribution in [-0.2, 0) is 32.1 Å². The first-order chi connectivity index (χ1) is 15.1. The van der Waals surface area contributed by atoms with Crippen molar-refractivity contribution < 1.29 is 19.1 Å². The summed E-state index contributed by atoms with van der Waals surface area (Å²) in [6.45, 7) is 2.37. The smallest absolute Gasteiger partial charge is 0.246 e. The zero-order valence-electron chi connectivity index (χ0n) is 17.7. The quantitative estimate of drug-likeness (QED) is 0.485. The molecule has 0 aliphatic carbocycles. The van der Waals surface area contributed by atoms with Crippen molar-refractivity contribution in [3.05, 3.63) is 41.1 Å². The van der Waals surface area contributed by atoms with Gasteiger partial charge in [-0.2, -0.15) is 0 Å². The van der Waals surface area contributed by atoms with Crippen LogP contribution in [0.2, 0.25) is 0 Å². The number of ether oxygens (including phenoxy) is 1. The third-order valence-corrected chi connectivity index (χ3v) is 6.15. The number of nitrogens with one attached hydrogen (secondary N) is 1. The molecule has 0 radical (unpaired) electrons. The third kappa shape index (κ3) is 6.63. The zero-order chi connectivity index (χ0) is 22.1. The fraction of sp³-hybridized carbons (Fsp3) is 0.524. The number of aromatic nitrogens is 2. The summed E-state index contributed by atoms with van der Waals surface area (Å²) in [6, 6.07) is 3.18. The van der Waals surface area contributed by atoms with Crippen LogP contribution in [0.4, 0.5) is 0 Å². The van der Waals surface area contributed by atoms with Crippen LogP contribution in [0.5, 0.6) is 0 Å². The van der Waals surface area contributed by atoms with Gasteiger partial charge >= 0.3 is 0 Å². The van der Waals surface area contributed by atoms with Crippen molar-refractivity contribution in [3.63, 3.8) is 0 Å². The minimum Gasteiger partial charge on any atom is -0.383 e. The van der Waals surface area contributed by atoms with E-state index in [0.717, 1.165) is 17.8 Å². The number of piperazine rings is 1. The molecule has 168 valence electrons. The summed E-state index contributed by atoms with van der Waals surface area (Å²) >= 11 is 1.62. The topological polar surface area (TPSA) is 96.8 Å². The van der Waals surface area contributed by atoms with Gasteiger partial charge in [-0.1, -0.05) is 6.07 Å². The van der Waals surface area contributed by atoms with E-state index in [9.17, 15) is 14.4 Å². The van der Waals surface area contributed by atoms with E-state index in [4.69, 9.17) is 4.74 Å². The minimum atomic E-state index is -0.785. The fourth-order valence-electron chi connectivity index (χ4n) is 3.56. The van der Waals surface area contributed by atoms with Gasteiger partial charge in [-0.25, -0.2) is 4.98 Å². The van der Waals surface area contributed by atoms with Gasteiger partial charge in [0.25, 0.3) is 0 Å². The number of nitrogens with zero attached hydrogens (tertiary/aromatic N) is 4. The number of carbonyl (C=O) groups excluding carboxylic acids is 3. The molecule has 2 aromatic heterocycles. The molecule has 3 heterocycles. The van der Waals surface area contributed by atoms with E-state index in [2.05, 4.69) is 10.3 Å². The highest BCUT2D eigenvalue weighted by molar-refractivity contribution is 7.09. The average Bonchev–Trinajstić information content (AvgIpc) is 3.46. The van der Waals surface area contributed by atoms with Gasteiger partial charge < -0.3 is 24.4 Å². The summed E-state index contributed by atoms with van der Waals surface area (Å²) in [5.41, 5.74) is 0. The van der Waals surface area contributed by atoms with Crippen LogP contribution in [-0.4, -0.2) is 83.0 Å². The molecular weight excluding hydrogens is 418 g/mol. The SMILES string of the molecule is COCCN1CC(=O)N(CCc2cccs2)C(CC(=O)NCCCn2ccnc2)C1=O. The second-order valence-electron chi connectivity index (χ2n) is 7.39. The molecule has 1 aliphatic heterocycles. The number of aryl methyl sites for hydroxylation is 1. The van der Waals surface area contributed by atoms with Gasteiger partial charge in [-0.05, 0) is 24.3 Å². The largest absolute Gasteiger partial charge is 0.383 e. The lowest BCUT2D eigenvalue weighted by Crippen LogP contribution is -2.61. The fourth-order valence-corrected chi connectivity index (χ4v) is 4.26. The summed E-state index contributed by atoms with van der Waals surface area (Å²) in [5.74, 6) is -0.562. The molecule has 1 N–H and O–H groups in total. The van der Waals surface area contributed by atoms with Crippen molar-refractivity contribution in [3.8, 4) is 0 Å². The number of hydrogen-bond donors (Lipinski definition) is 1. The van der Waals surface area contributed by atoms with E-state index in [0.29, 0.717) is 32.7 Å². The maximum absolute atomic E-state index is 13.1. The molecule has 1 unspecified atom stereocenters. The molecule has 1 fully saturated rings. The van der Waals surface area contributed by atoms with Crippen molar-refractivity contribution in [2.45, 2.75) is 31.8 Å². The van der Waals surface area contributed by atoms with Crippen LogP contribution in [0.3, 0.4) is 0 Å². The highest BCUT2D eigenvalue weighted by Crippen LogP contribution is 2.18. The van der Waals surface area contributed by atoms with E-state index >= 15 is 0 Å². The van der Waals surface area contributed by atoms with E-state index in [1.807, 2.05) is 28.3 Å². The molecule has 2 aromatic rings. The monoisotopic (exact) mass is 447 g/mol. The molecule has 1 saturated heterocycles. The Labute approximate surface area is 186 Å². The average molecular weight is 448 g/mol. The Kier molecular flexibility index (Phi) is 8.60. The lowest BCUT2D eigenvalue weighted by molar-refractivity contribution is -0.157. The summed E-state index contributed by atoms with van der Waals surface area (Å²) in [5, 5.41) is 4.86. The molecule has 1 aliphatic rings. The molecule has 31 heavy (non-hydrogen) atoms. The van der Waals surface area contributed by atoms with Crippen molar-refractivity contribution in [2.24, 2.45) is 0 Å². The zero-order valence-corrected chi connectivity index (χ0v) is 18.6. The first-order valence-electron chi connectivity index (χ1n) is 10.4. The van der Waals surface area contributed by atoms with Crippen LogP contribution in [0.25, 0.3) is 0 Å². The number of methoxy groups -OCH3 is 1. The number of amides is 3. The van der Waals surface area contributed by atoms with Gasteiger partial charge in [0.15, 0.2) is 0 Å². The van der Waals surface area contributed by atoms with Crippen molar-refractivity contribution in [1.29, 1.82) is 0 Å². The molecule has 3 amide bonds. The molecule has 9 nitrogen and oxygen atoms in total. The summed E-state index contributed by atoms with van der Waals surface area (Å²) in [4.78, 5) is 46.6. The molecule has 0 saturated carbocycles. The van der Waals surface area contributed by atoms with E-state index in [1.165, 1.54) is 4.90 Å². The maximum Gasteiger partial charge on any atom is 0.246 e. The predicted octanol–water partition coefficient (Wildman–Crippen LogP) is 0.770. The standard InChI is InChI=1S/C21H29N5O4S/c1-30-12-11-25-15-20(28)26(9-5-17-4-2-13-31-17)18(21(25)29)14-19(27)23-6-3-8-24-10-7-22-16-24/h2,4,7,10,13,16,18H,3,5-6,8-9,11-12,14-15H2,1H3,(H,23,27). The molecule has 1 atom stereocenters. The van der Waals surface area contributed by atoms with E-state index in [-0.39, 0.29) is 30.7 Å². The van der Waals surface area contributed by atoms with Gasteiger partial charge in [-0.15, -0.1) is 11.3 Å². The van der Waals surface area contributed by atoms with Gasteiger partial charge in [0.2, 0.25) is 17.7 Å². The molecule has 0 bridgehead atoms. The van der Waals surface area contributed by atoms with Gasteiger partial charge in [0.05, 0.1) is 25.9 Å². The Bertz CT molecular complexity index is 840. The highest BCUT2D eigenvalue weighted by Gasteiger charge is 2.39. The Morgan fingerprint density at radius 2 is 2.19 bits per heavy atom. The van der Waals surface area contributed by atoms with Crippen LogP contribution in [0.15, 0.2) is 36.2 Å².